The number of rotatable bonds is 2. The van der Waals surface area contributed by atoms with E-state index in [0.717, 1.165) is 25.7 Å². The molecule has 1 aliphatic carbocycles. The summed E-state index contributed by atoms with van der Waals surface area (Å²) >= 11 is 0. The van der Waals surface area contributed by atoms with Gasteiger partial charge in [-0.15, -0.1) is 0 Å². The molecule has 4 nitrogen and oxygen atoms in total. The summed E-state index contributed by atoms with van der Waals surface area (Å²) in [6.07, 6.45) is 6.19. The Kier molecular flexibility index (Phi) is 2.98. The molecule has 4 heteroatoms. The first-order valence-corrected chi connectivity index (χ1v) is 5.75. The van der Waals surface area contributed by atoms with Crippen molar-refractivity contribution in [3.63, 3.8) is 0 Å². The van der Waals surface area contributed by atoms with Gasteiger partial charge in [-0.2, -0.15) is 0 Å². The van der Waals surface area contributed by atoms with Gasteiger partial charge in [0, 0.05) is 6.61 Å². The predicted octanol–water partition coefficient (Wildman–Crippen LogP) is 1.14. The summed E-state index contributed by atoms with van der Waals surface area (Å²) in [6, 6.07) is -0.716. The molecule has 0 radical (unpaired) electrons. The highest BCUT2D eigenvalue weighted by molar-refractivity contribution is 5.73. The molecule has 0 bridgehead atoms. The summed E-state index contributed by atoms with van der Waals surface area (Å²) in [6.45, 7) is 0.672. The van der Waals surface area contributed by atoms with Crippen LogP contribution in [0.2, 0.25) is 0 Å². The Morgan fingerprint density at radius 2 is 2.13 bits per heavy atom. The van der Waals surface area contributed by atoms with Crippen molar-refractivity contribution in [1.82, 2.24) is 0 Å². The van der Waals surface area contributed by atoms with Gasteiger partial charge in [0.25, 0.3) is 0 Å². The molecule has 0 aromatic carbocycles. The number of hydrogen-bond acceptors (Lipinski definition) is 3. The molecule has 1 heterocycles. The Labute approximate surface area is 89.8 Å². The van der Waals surface area contributed by atoms with Crippen LogP contribution in [-0.2, 0) is 9.53 Å². The van der Waals surface area contributed by atoms with E-state index in [-0.39, 0.29) is 11.5 Å². The van der Waals surface area contributed by atoms with Crippen LogP contribution in [0.4, 0.5) is 0 Å². The number of ether oxygens (including phenoxy) is 1. The molecule has 2 aliphatic rings. The smallest absolute Gasteiger partial charge is 0.320 e. The Bertz CT molecular complexity index is 248. The number of hydrogen-bond donors (Lipinski definition) is 2. The molecule has 2 fully saturated rings. The summed E-state index contributed by atoms with van der Waals surface area (Å²) in [5.74, 6) is -0.788. The minimum atomic E-state index is -0.880. The Morgan fingerprint density at radius 1 is 1.47 bits per heavy atom. The Hall–Kier alpha value is -0.610. The van der Waals surface area contributed by atoms with Crippen LogP contribution in [0.1, 0.15) is 38.5 Å². The van der Waals surface area contributed by atoms with Gasteiger partial charge in [-0.1, -0.05) is 12.8 Å². The van der Waals surface area contributed by atoms with Crippen LogP contribution in [0.5, 0.6) is 0 Å². The summed E-state index contributed by atoms with van der Waals surface area (Å²) in [4.78, 5) is 10.8. The lowest BCUT2D eigenvalue weighted by Crippen LogP contribution is -2.46. The molecule has 1 unspecified atom stereocenters. The second-order valence-electron chi connectivity index (χ2n) is 4.86. The zero-order chi connectivity index (χ0) is 10.9. The van der Waals surface area contributed by atoms with Crippen molar-refractivity contribution in [3.8, 4) is 0 Å². The maximum absolute atomic E-state index is 10.8. The summed E-state index contributed by atoms with van der Waals surface area (Å²) in [7, 11) is 0. The topological polar surface area (TPSA) is 72.6 Å². The van der Waals surface area contributed by atoms with Gasteiger partial charge in [0.1, 0.15) is 6.04 Å². The maximum Gasteiger partial charge on any atom is 0.320 e. The molecule has 86 valence electrons. The van der Waals surface area contributed by atoms with Gasteiger partial charge in [-0.25, -0.2) is 0 Å². The first-order chi connectivity index (χ1) is 7.13. The lowest BCUT2D eigenvalue weighted by molar-refractivity contribution is -0.144. The van der Waals surface area contributed by atoms with E-state index < -0.39 is 12.0 Å². The summed E-state index contributed by atoms with van der Waals surface area (Å²) in [5.41, 5.74) is 5.66. The van der Waals surface area contributed by atoms with E-state index in [1.807, 2.05) is 0 Å². The van der Waals surface area contributed by atoms with Gasteiger partial charge < -0.3 is 15.6 Å². The zero-order valence-electron chi connectivity index (χ0n) is 8.95. The predicted molar refractivity (Wildman–Crippen MR) is 55.5 cm³/mol. The van der Waals surface area contributed by atoms with Crippen LogP contribution in [0.15, 0.2) is 0 Å². The van der Waals surface area contributed by atoms with Crippen LogP contribution < -0.4 is 5.73 Å². The van der Waals surface area contributed by atoms with E-state index in [9.17, 15) is 4.79 Å². The van der Waals surface area contributed by atoms with Crippen molar-refractivity contribution in [1.29, 1.82) is 0 Å². The standard InChI is InChI=1S/C11H19NO3/c12-9(10(13)14)8-3-6-15-11(7-8)4-1-2-5-11/h8-9H,1-7,12H2,(H,13,14)/t8?,9-/m1/s1. The molecule has 15 heavy (non-hydrogen) atoms. The van der Waals surface area contributed by atoms with E-state index in [0.29, 0.717) is 6.61 Å². The molecule has 1 saturated carbocycles. The normalized spacial score (nSPS) is 31.7. The van der Waals surface area contributed by atoms with E-state index in [1.165, 1.54) is 12.8 Å². The Balaban J connectivity index is 2.00. The fourth-order valence-corrected chi connectivity index (χ4v) is 2.94. The molecule has 0 aromatic heterocycles. The third-order valence-electron chi connectivity index (χ3n) is 3.84. The lowest BCUT2D eigenvalue weighted by Gasteiger charge is -2.39. The van der Waals surface area contributed by atoms with Gasteiger partial charge >= 0.3 is 5.97 Å². The fraction of sp³-hybridized carbons (Fsp3) is 0.909. The van der Waals surface area contributed by atoms with Gasteiger partial charge in [-0.3, -0.25) is 4.79 Å². The number of carboxylic acids is 1. The largest absolute Gasteiger partial charge is 0.480 e. The monoisotopic (exact) mass is 213 g/mol. The number of aliphatic carboxylic acids is 1. The van der Waals surface area contributed by atoms with Crippen molar-refractivity contribution in [3.05, 3.63) is 0 Å². The molecule has 2 rings (SSSR count). The van der Waals surface area contributed by atoms with Crippen LogP contribution in [0, 0.1) is 5.92 Å². The quantitative estimate of drug-likeness (QED) is 0.721. The van der Waals surface area contributed by atoms with Crippen molar-refractivity contribution >= 4 is 5.97 Å². The summed E-state index contributed by atoms with van der Waals surface area (Å²) in [5, 5.41) is 8.90. The van der Waals surface area contributed by atoms with E-state index in [2.05, 4.69) is 0 Å². The first-order valence-electron chi connectivity index (χ1n) is 5.75. The molecule has 0 aromatic rings. The molecule has 1 saturated heterocycles. The molecular formula is C11H19NO3. The minimum absolute atomic E-state index is 0.0318. The van der Waals surface area contributed by atoms with Crippen molar-refractivity contribution in [2.45, 2.75) is 50.2 Å². The van der Waals surface area contributed by atoms with Crippen LogP contribution in [-0.4, -0.2) is 29.3 Å². The first kappa shape index (κ1) is 10.9. The van der Waals surface area contributed by atoms with Crippen molar-refractivity contribution < 1.29 is 14.6 Å². The number of nitrogens with two attached hydrogens (primary N) is 1. The van der Waals surface area contributed by atoms with Crippen molar-refractivity contribution in [2.75, 3.05) is 6.61 Å². The van der Waals surface area contributed by atoms with Crippen LogP contribution >= 0.6 is 0 Å². The van der Waals surface area contributed by atoms with Gasteiger partial charge in [0.15, 0.2) is 0 Å². The van der Waals surface area contributed by atoms with Gasteiger partial charge in [0.2, 0.25) is 0 Å². The summed E-state index contributed by atoms with van der Waals surface area (Å²) < 4.78 is 5.84. The van der Waals surface area contributed by atoms with E-state index in [4.69, 9.17) is 15.6 Å². The van der Waals surface area contributed by atoms with Crippen LogP contribution in [0.3, 0.4) is 0 Å². The minimum Gasteiger partial charge on any atom is -0.480 e. The van der Waals surface area contributed by atoms with E-state index >= 15 is 0 Å². The van der Waals surface area contributed by atoms with Gasteiger partial charge in [-0.05, 0) is 31.6 Å². The zero-order valence-corrected chi connectivity index (χ0v) is 8.95. The average molecular weight is 213 g/mol. The van der Waals surface area contributed by atoms with Crippen LogP contribution in [0.25, 0.3) is 0 Å². The highest BCUT2D eigenvalue weighted by Crippen LogP contribution is 2.42. The molecule has 2 atom stereocenters. The molecule has 3 N–H and O–H groups in total. The third kappa shape index (κ3) is 2.16. The highest BCUT2D eigenvalue weighted by atomic mass is 16.5. The number of carboxylic acid groups (broad SMARTS) is 1. The Morgan fingerprint density at radius 3 is 2.73 bits per heavy atom. The van der Waals surface area contributed by atoms with Crippen molar-refractivity contribution in [2.24, 2.45) is 11.7 Å². The molecule has 1 spiro atoms. The molecular weight excluding hydrogens is 194 g/mol. The third-order valence-corrected chi connectivity index (χ3v) is 3.84. The van der Waals surface area contributed by atoms with Gasteiger partial charge in [0.05, 0.1) is 5.60 Å². The second kappa shape index (κ2) is 4.10. The maximum atomic E-state index is 10.8. The van der Waals surface area contributed by atoms with E-state index in [1.54, 1.807) is 0 Å². The molecule has 0 amide bonds. The average Bonchev–Trinajstić information content (AvgIpc) is 2.65. The lowest BCUT2D eigenvalue weighted by atomic mass is 9.81. The molecule has 1 aliphatic heterocycles. The highest BCUT2D eigenvalue weighted by Gasteiger charge is 2.42. The second-order valence-corrected chi connectivity index (χ2v) is 4.86. The number of carbonyl (C=O) groups is 1. The SMILES string of the molecule is N[C@@H](C(=O)O)C1CCOC2(CCCC2)C1. The fourth-order valence-electron chi connectivity index (χ4n) is 2.94.